The van der Waals surface area contributed by atoms with Gasteiger partial charge in [-0.05, 0) is 24.7 Å². The summed E-state index contributed by atoms with van der Waals surface area (Å²) >= 11 is 4.90. The molecule has 4 nitrogen and oxygen atoms in total. The largest absolute Gasteiger partial charge is 0.477 e. The van der Waals surface area contributed by atoms with E-state index in [1.54, 1.807) is 0 Å². The number of imidazole rings is 1. The van der Waals surface area contributed by atoms with Gasteiger partial charge in [-0.2, -0.15) is 0 Å². The zero-order valence-electron chi connectivity index (χ0n) is 9.28. The van der Waals surface area contributed by atoms with Crippen molar-refractivity contribution in [2.24, 2.45) is 0 Å². The zero-order chi connectivity index (χ0) is 12.4. The summed E-state index contributed by atoms with van der Waals surface area (Å²) in [6.07, 6.45) is 0.523. The van der Waals surface area contributed by atoms with E-state index in [1.165, 1.54) is 5.56 Å². The molecule has 2 aromatic rings. The van der Waals surface area contributed by atoms with E-state index in [0.717, 1.165) is 5.56 Å². The Balaban J connectivity index is 2.32. The van der Waals surface area contributed by atoms with E-state index in [9.17, 15) is 4.79 Å². The van der Waals surface area contributed by atoms with Gasteiger partial charge in [-0.3, -0.25) is 0 Å². The van der Waals surface area contributed by atoms with Crippen molar-refractivity contribution in [3.63, 3.8) is 0 Å². The second-order valence-electron chi connectivity index (χ2n) is 3.90. The Hall–Kier alpha value is -1.88. The second kappa shape index (κ2) is 4.55. The Morgan fingerprint density at radius 1 is 1.29 bits per heavy atom. The Labute approximate surface area is 103 Å². The minimum Gasteiger partial charge on any atom is -0.477 e. The van der Waals surface area contributed by atoms with Crippen molar-refractivity contribution in [3.8, 4) is 0 Å². The molecule has 0 unspecified atom stereocenters. The lowest BCUT2D eigenvalue weighted by atomic mass is 10.1. The molecule has 0 radical (unpaired) electrons. The Morgan fingerprint density at radius 2 is 1.94 bits per heavy atom. The minimum absolute atomic E-state index is 0.135. The van der Waals surface area contributed by atoms with Crippen molar-refractivity contribution >= 4 is 18.2 Å². The Morgan fingerprint density at radius 3 is 2.53 bits per heavy atom. The summed E-state index contributed by atoms with van der Waals surface area (Å²) in [5.74, 6) is -1.00. The van der Waals surface area contributed by atoms with Crippen molar-refractivity contribution in [1.82, 2.24) is 9.97 Å². The minimum atomic E-state index is -1.00. The van der Waals surface area contributed by atoms with Crippen LogP contribution in [0.4, 0.5) is 0 Å². The highest BCUT2D eigenvalue weighted by Crippen LogP contribution is 2.12. The molecule has 1 aromatic heterocycles. The average molecular weight is 248 g/mol. The molecule has 0 bridgehead atoms. The van der Waals surface area contributed by atoms with Gasteiger partial charge in [0.2, 0.25) is 0 Å². The molecule has 0 fully saturated rings. The van der Waals surface area contributed by atoms with Crippen molar-refractivity contribution < 1.29 is 9.90 Å². The molecule has 0 aliphatic rings. The third-order valence-corrected chi connectivity index (χ3v) is 2.72. The maximum atomic E-state index is 11.0. The van der Waals surface area contributed by atoms with Gasteiger partial charge in [0.25, 0.3) is 0 Å². The summed E-state index contributed by atoms with van der Waals surface area (Å²) in [5.41, 5.74) is 2.96. The van der Waals surface area contributed by atoms with Crippen molar-refractivity contribution in [3.05, 3.63) is 51.6 Å². The second-order valence-corrected chi connectivity index (χ2v) is 4.31. The van der Waals surface area contributed by atoms with E-state index >= 15 is 0 Å². The molecule has 0 spiro atoms. The number of benzene rings is 1. The first-order valence-corrected chi connectivity index (χ1v) is 5.57. The molecule has 0 atom stereocenters. The standard InChI is InChI=1S/C12H12N2O2S/c1-7-2-4-8(5-3-7)6-9-10(11(15)16)14-12(17)13-9/h2-5H,6H2,1H3,(H,15,16)(H2,13,14,17). The number of hydrogen-bond acceptors (Lipinski definition) is 2. The van der Waals surface area contributed by atoms with Crippen LogP contribution in [0.3, 0.4) is 0 Å². The monoisotopic (exact) mass is 248 g/mol. The van der Waals surface area contributed by atoms with Crippen molar-refractivity contribution in [1.29, 1.82) is 0 Å². The Kier molecular flexibility index (Phi) is 3.10. The highest BCUT2D eigenvalue weighted by atomic mass is 32.1. The van der Waals surface area contributed by atoms with Gasteiger partial charge in [0.15, 0.2) is 4.77 Å². The fraction of sp³-hybridized carbons (Fsp3) is 0.167. The number of aromatic amines is 2. The molecule has 0 saturated carbocycles. The number of rotatable bonds is 3. The lowest BCUT2D eigenvalue weighted by Gasteiger charge is -2.01. The summed E-state index contributed by atoms with van der Waals surface area (Å²) in [6.45, 7) is 2.01. The highest BCUT2D eigenvalue weighted by molar-refractivity contribution is 7.71. The molecule has 3 N–H and O–H groups in total. The van der Waals surface area contributed by atoms with Crippen LogP contribution in [0.1, 0.15) is 27.3 Å². The zero-order valence-corrected chi connectivity index (χ0v) is 10.1. The lowest BCUT2D eigenvalue weighted by molar-refractivity contribution is 0.0690. The first-order chi connectivity index (χ1) is 8.06. The predicted molar refractivity (Wildman–Crippen MR) is 66.9 cm³/mol. The molecule has 17 heavy (non-hydrogen) atoms. The van der Waals surface area contributed by atoms with Crippen LogP contribution in [0, 0.1) is 11.7 Å². The summed E-state index contributed by atoms with van der Waals surface area (Å²) in [4.78, 5) is 16.5. The molecular weight excluding hydrogens is 236 g/mol. The van der Waals surface area contributed by atoms with Crippen molar-refractivity contribution in [2.75, 3.05) is 0 Å². The van der Waals surface area contributed by atoms with Crippen LogP contribution in [-0.4, -0.2) is 21.0 Å². The molecule has 2 rings (SSSR count). The van der Waals surface area contributed by atoms with Crippen molar-refractivity contribution in [2.45, 2.75) is 13.3 Å². The number of carboxylic acid groups (broad SMARTS) is 1. The van der Waals surface area contributed by atoms with Crippen LogP contribution in [0.25, 0.3) is 0 Å². The number of carbonyl (C=O) groups is 1. The van der Waals surface area contributed by atoms with Crippen LogP contribution in [0.2, 0.25) is 0 Å². The Bertz CT molecular complexity index is 596. The maximum absolute atomic E-state index is 11.0. The lowest BCUT2D eigenvalue weighted by Crippen LogP contribution is -2.02. The summed E-state index contributed by atoms with van der Waals surface area (Å²) in [7, 11) is 0. The highest BCUT2D eigenvalue weighted by Gasteiger charge is 2.12. The quantitative estimate of drug-likeness (QED) is 0.731. The molecule has 5 heteroatoms. The van der Waals surface area contributed by atoms with E-state index in [2.05, 4.69) is 9.97 Å². The average Bonchev–Trinajstić information content (AvgIpc) is 2.63. The number of aromatic nitrogens is 2. The van der Waals surface area contributed by atoms with Gasteiger partial charge >= 0.3 is 5.97 Å². The molecule has 0 amide bonds. The van der Waals surface area contributed by atoms with Gasteiger partial charge in [-0.25, -0.2) is 4.79 Å². The number of aryl methyl sites for hydroxylation is 1. The van der Waals surface area contributed by atoms with E-state index in [0.29, 0.717) is 16.9 Å². The number of H-pyrrole nitrogens is 2. The van der Waals surface area contributed by atoms with Crippen LogP contribution < -0.4 is 0 Å². The van der Waals surface area contributed by atoms with E-state index in [4.69, 9.17) is 17.3 Å². The van der Waals surface area contributed by atoms with Crippen LogP contribution >= 0.6 is 12.2 Å². The fourth-order valence-electron chi connectivity index (χ4n) is 1.64. The summed E-state index contributed by atoms with van der Waals surface area (Å²) in [6, 6.07) is 7.95. The van der Waals surface area contributed by atoms with Gasteiger partial charge in [-0.15, -0.1) is 0 Å². The van der Waals surface area contributed by atoms with Crippen LogP contribution in [0.15, 0.2) is 24.3 Å². The number of aromatic carboxylic acids is 1. The SMILES string of the molecule is Cc1ccc(Cc2[nH]c(=S)[nH]c2C(=O)O)cc1. The van der Waals surface area contributed by atoms with E-state index in [1.807, 2.05) is 31.2 Å². The fourth-order valence-corrected chi connectivity index (χ4v) is 1.87. The van der Waals surface area contributed by atoms with Gasteiger partial charge in [-0.1, -0.05) is 29.8 Å². The van der Waals surface area contributed by atoms with Gasteiger partial charge < -0.3 is 15.1 Å². The summed E-state index contributed by atoms with van der Waals surface area (Å²) in [5, 5.41) is 9.00. The first kappa shape index (κ1) is 11.6. The molecule has 0 aliphatic heterocycles. The van der Waals surface area contributed by atoms with Gasteiger partial charge in [0.1, 0.15) is 5.69 Å². The third-order valence-electron chi connectivity index (χ3n) is 2.52. The number of hydrogen-bond donors (Lipinski definition) is 3. The first-order valence-electron chi connectivity index (χ1n) is 5.16. The molecule has 0 aliphatic carbocycles. The van der Waals surface area contributed by atoms with Crippen LogP contribution in [-0.2, 0) is 6.42 Å². The number of nitrogens with one attached hydrogen (secondary N) is 2. The molecule has 88 valence electrons. The smallest absolute Gasteiger partial charge is 0.354 e. The maximum Gasteiger partial charge on any atom is 0.354 e. The predicted octanol–water partition coefficient (Wildman–Crippen LogP) is 2.67. The topological polar surface area (TPSA) is 68.9 Å². The van der Waals surface area contributed by atoms with E-state index in [-0.39, 0.29) is 5.69 Å². The van der Waals surface area contributed by atoms with Gasteiger partial charge in [0, 0.05) is 6.42 Å². The summed E-state index contributed by atoms with van der Waals surface area (Å²) < 4.78 is 0.338. The molecule has 1 aromatic carbocycles. The van der Waals surface area contributed by atoms with Crippen LogP contribution in [0.5, 0.6) is 0 Å². The van der Waals surface area contributed by atoms with Gasteiger partial charge in [0.05, 0.1) is 5.69 Å². The normalized spacial score (nSPS) is 10.4. The van der Waals surface area contributed by atoms with E-state index < -0.39 is 5.97 Å². The molecule has 1 heterocycles. The number of carboxylic acids is 1. The third kappa shape index (κ3) is 2.62. The molecular formula is C12H12N2O2S. The molecule has 0 saturated heterocycles.